The van der Waals surface area contributed by atoms with E-state index in [2.05, 4.69) is 5.18 Å². The lowest BCUT2D eigenvalue weighted by Gasteiger charge is -2.09. The molecule has 0 aromatic heterocycles. The molecule has 0 fully saturated rings. The summed E-state index contributed by atoms with van der Waals surface area (Å²) in [6.07, 6.45) is 0. The third kappa shape index (κ3) is 1.82. The van der Waals surface area contributed by atoms with Crippen LogP contribution < -0.4 is 9.47 Å². The lowest BCUT2D eigenvalue weighted by molar-refractivity contribution is 0.280. The summed E-state index contributed by atoms with van der Waals surface area (Å²) >= 11 is 0. The maximum absolute atomic E-state index is 10.4. The molecule has 0 atom stereocenters. The number of methoxy groups -OCH3 is 2. The van der Waals surface area contributed by atoms with Crippen molar-refractivity contribution in [3.05, 3.63) is 22.6 Å². The molecule has 0 amide bonds. The van der Waals surface area contributed by atoms with E-state index in [4.69, 9.17) is 14.6 Å². The molecular weight excluding hydrogens is 186 g/mol. The zero-order valence-corrected chi connectivity index (χ0v) is 7.98. The molecule has 0 unspecified atom stereocenters. The van der Waals surface area contributed by atoms with Crippen LogP contribution >= 0.6 is 0 Å². The monoisotopic (exact) mass is 197 g/mol. The Morgan fingerprint density at radius 1 is 1.29 bits per heavy atom. The first kappa shape index (κ1) is 10.5. The van der Waals surface area contributed by atoms with Crippen molar-refractivity contribution in [2.45, 2.75) is 6.61 Å². The third-order valence-corrected chi connectivity index (χ3v) is 1.85. The van der Waals surface area contributed by atoms with Crippen LogP contribution in [0.4, 0.5) is 5.69 Å². The number of benzene rings is 1. The zero-order chi connectivity index (χ0) is 10.6. The molecule has 0 heterocycles. The van der Waals surface area contributed by atoms with Gasteiger partial charge in [-0.2, -0.15) is 0 Å². The van der Waals surface area contributed by atoms with Gasteiger partial charge in [-0.15, -0.1) is 4.91 Å². The van der Waals surface area contributed by atoms with Crippen molar-refractivity contribution in [2.24, 2.45) is 5.18 Å². The van der Waals surface area contributed by atoms with Gasteiger partial charge in [0.1, 0.15) is 5.69 Å². The van der Waals surface area contributed by atoms with Gasteiger partial charge in [-0.3, -0.25) is 0 Å². The molecule has 0 saturated heterocycles. The predicted molar refractivity (Wildman–Crippen MR) is 50.9 cm³/mol. The Morgan fingerprint density at radius 2 is 1.86 bits per heavy atom. The van der Waals surface area contributed by atoms with Gasteiger partial charge < -0.3 is 14.6 Å². The highest BCUT2D eigenvalue weighted by atomic mass is 16.5. The Balaban J connectivity index is 3.27. The van der Waals surface area contributed by atoms with Crippen LogP contribution in [0.3, 0.4) is 0 Å². The lowest BCUT2D eigenvalue weighted by atomic mass is 10.1. The maximum atomic E-state index is 10.4. The average Bonchev–Trinajstić information content (AvgIpc) is 2.26. The topological polar surface area (TPSA) is 68.1 Å². The summed E-state index contributed by atoms with van der Waals surface area (Å²) in [6.45, 7) is -0.262. The minimum Gasteiger partial charge on any atom is -0.493 e. The summed E-state index contributed by atoms with van der Waals surface area (Å²) in [5.74, 6) is 0.878. The van der Waals surface area contributed by atoms with Crippen molar-refractivity contribution in [3.8, 4) is 11.5 Å². The first-order valence-corrected chi connectivity index (χ1v) is 3.96. The minimum atomic E-state index is -0.262. The normalized spacial score (nSPS) is 9.64. The minimum absolute atomic E-state index is 0.158. The van der Waals surface area contributed by atoms with Gasteiger partial charge in [0.2, 0.25) is 0 Å². The van der Waals surface area contributed by atoms with E-state index in [9.17, 15) is 4.91 Å². The number of aliphatic hydroxyl groups excluding tert-OH is 1. The van der Waals surface area contributed by atoms with E-state index < -0.39 is 0 Å². The fourth-order valence-corrected chi connectivity index (χ4v) is 1.12. The van der Waals surface area contributed by atoms with Gasteiger partial charge in [-0.1, -0.05) is 0 Å². The highest BCUT2D eigenvalue weighted by molar-refractivity contribution is 5.57. The van der Waals surface area contributed by atoms with E-state index in [1.165, 1.54) is 26.4 Å². The molecule has 5 nitrogen and oxygen atoms in total. The van der Waals surface area contributed by atoms with Crippen LogP contribution in [-0.2, 0) is 6.61 Å². The predicted octanol–water partition coefficient (Wildman–Crippen LogP) is 1.59. The van der Waals surface area contributed by atoms with Gasteiger partial charge in [0, 0.05) is 11.6 Å². The van der Waals surface area contributed by atoms with E-state index in [0.717, 1.165) is 0 Å². The Bertz CT molecular complexity index is 338. The van der Waals surface area contributed by atoms with Crippen LogP contribution in [0, 0.1) is 4.91 Å². The molecule has 0 aliphatic heterocycles. The molecule has 0 radical (unpaired) electrons. The third-order valence-electron chi connectivity index (χ3n) is 1.85. The molecule has 76 valence electrons. The highest BCUT2D eigenvalue weighted by Crippen LogP contribution is 2.34. The largest absolute Gasteiger partial charge is 0.493 e. The summed E-state index contributed by atoms with van der Waals surface area (Å²) in [5.41, 5.74) is 0.572. The van der Waals surface area contributed by atoms with E-state index in [-0.39, 0.29) is 12.3 Å². The molecule has 0 aliphatic rings. The summed E-state index contributed by atoms with van der Waals surface area (Å²) in [7, 11) is 2.94. The molecule has 0 bridgehead atoms. The van der Waals surface area contributed by atoms with Crippen LogP contribution in [0.5, 0.6) is 11.5 Å². The van der Waals surface area contributed by atoms with Crippen molar-refractivity contribution in [2.75, 3.05) is 14.2 Å². The van der Waals surface area contributed by atoms with Gasteiger partial charge in [0.25, 0.3) is 0 Å². The number of ether oxygens (including phenoxy) is 2. The van der Waals surface area contributed by atoms with Crippen molar-refractivity contribution >= 4 is 5.69 Å². The summed E-state index contributed by atoms with van der Waals surface area (Å²) in [4.78, 5) is 10.4. The summed E-state index contributed by atoms with van der Waals surface area (Å²) in [6, 6.07) is 2.95. The van der Waals surface area contributed by atoms with Crippen LogP contribution in [0.25, 0.3) is 0 Å². The van der Waals surface area contributed by atoms with E-state index >= 15 is 0 Å². The Hall–Kier alpha value is -1.62. The second-order valence-electron chi connectivity index (χ2n) is 2.59. The molecular formula is C9H11NO4. The van der Waals surface area contributed by atoms with Gasteiger partial charge in [0.15, 0.2) is 11.5 Å². The average molecular weight is 197 g/mol. The standard InChI is InChI=1S/C9H11NO4/c1-13-8-3-6(5-11)7(10-12)4-9(8)14-2/h3-4,11H,5H2,1-2H3. The first-order chi connectivity index (χ1) is 6.76. The molecule has 1 aromatic rings. The lowest BCUT2D eigenvalue weighted by Crippen LogP contribution is -1.93. The second-order valence-corrected chi connectivity index (χ2v) is 2.59. The summed E-state index contributed by atoms with van der Waals surface area (Å²) < 4.78 is 9.97. The fourth-order valence-electron chi connectivity index (χ4n) is 1.12. The second kappa shape index (κ2) is 4.57. The Kier molecular flexibility index (Phi) is 3.41. The zero-order valence-electron chi connectivity index (χ0n) is 7.98. The number of rotatable bonds is 4. The van der Waals surface area contributed by atoms with Crippen LogP contribution in [0.1, 0.15) is 5.56 Å². The Morgan fingerprint density at radius 3 is 2.29 bits per heavy atom. The van der Waals surface area contributed by atoms with Crippen molar-refractivity contribution in [1.29, 1.82) is 0 Å². The number of hydrogen-bond donors (Lipinski definition) is 1. The van der Waals surface area contributed by atoms with Gasteiger partial charge in [-0.25, -0.2) is 0 Å². The molecule has 14 heavy (non-hydrogen) atoms. The molecule has 0 saturated carbocycles. The van der Waals surface area contributed by atoms with Crippen LogP contribution in [0.2, 0.25) is 0 Å². The van der Waals surface area contributed by atoms with Crippen LogP contribution in [-0.4, -0.2) is 19.3 Å². The smallest absolute Gasteiger partial charge is 0.163 e. The van der Waals surface area contributed by atoms with Gasteiger partial charge in [0.05, 0.1) is 20.8 Å². The quantitative estimate of drug-likeness (QED) is 0.744. The summed E-state index contributed by atoms with van der Waals surface area (Å²) in [5, 5.41) is 11.7. The molecule has 1 rings (SSSR count). The van der Waals surface area contributed by atoms with E-state index in [0.29, 0.717) is 17.1 Å². The molecule has 0 spiro atoms. The number of nitrogens with zero attached hydrogens (tertiary/aromatic N) is 1. The number of nitroso groups, excluding NO2 is 1. The van der Waals surface area contributed by atoms with E-state index in [1.54, 1.807) is 0 Å². The molecule has 1 N–H and O–H groups in total. The van der Waals surface area contributed by atoms with Gasteiger partial charge >= 0.3 is 0 Å². The van der Waals surface area contributed by atoms with Crippen molar-refractivity contribution in [1.82, 2.24) is 0 Å². The number of aliphatic hydroxyl groups is 1. The maximum Gasteiger partial charge on any atom is 0.163 e. The van der Waals surface area contributed by atoms with E-state index in [1.807, 2.05) is 0 Å². The molecule has 5 heteroatoms. The van der Waals surface area contributed by atoms with Gasteiger partial charge in [-0.05, 0) is 11.2 Å². The Labute approximate surface area is 81.2 Å². The highest BCUT2D eigenvalue weighted by Gasteiger charge is 2.10. The van der Waals surface area contributed by atoms with Crippen LogP contribution in [0.15, 0.2) is 17.3 Å². The first-order valence-electron chi connectivity index (χ1n) is 3.96. The fraction of sp³-hybridized carbons (Fsp3) is 0.333. The molecule has 1 aromatic carbocycles. The van der Waals surface area contributed by atoms with Crippen molar-refractivity contribution < 1.29 is 14.6 Å². The van der Waals surface area contributed by atoms with Crippen molar-refractivity contribution in [3.63, 3.8) is 0 Å². The number of hydrogen-bond acceptors (Lipinski definition) is 5. The SMILES string of the molecule is COc1cc(CO)c(N=O)cc1OC. The molecule has 0 aliphatic carbocycles.